The fourth-order valence-corrected chi connectivity index (χ4v) is 3.86. The van der Waals surface area contributed by atoms with Gasteiger partial charge >= 0.3 is 6.09 Å². The van der Waals surface area contributed by atoms with Gasteiger partial charge < -0.3 is 15.4 Å². The number of nitriles is 1. The summed E-state index contributed by atoms with van der Waals surface area (Å²) in [4.78, 5) is 25.2. The predicted octanol–water partition coefficient (Wildman–Crippen LogP) is 4.51. The van der Waals surface area contributed by atoms with Gasteiger partial charge in [-0.3, -0.25) is 4.79 Å². The van der Waals surface area contributed by atoms with E-state index >= 15 is 0 Å². The van der Waals surface area contributed by atoms with Gasteiger partial charge in [-0.25, -0.2) is 4.79 Å². The molecule has 156 valence electrons. The first-order valence-electron chi connectivity index (χ1n) is 9.99. The number of rotatable bonds is 6. The molecule has 1 aliphatic carbocycles. The highest BCUT2D eigenvalue weighted by Gasteiger charge is 2.33. The zero-order valence-corrected chi connectivity index (χ0v) is 17.3. The molecule has 0 spiro atoms. The van der Waals surface area contributed by atoms with Crippen LogP contribution in [0.25, 0.3) is 0 Å². The van der Waals surface area contributed by atoms with Gasteiger partial charge in [0.25, 0.3) is 0 Å². The number of ether oxygens (including phenoxy) is 1. The van der Waals surface area contributed by atoms with E-state index in [0.717, 1.165) is 18.4 Å². The van der Waals surface area contributed by atoms with Crippen LogP contribution in [0, 0.1) is 17.2 Å². The highest BCUT2D eigenvalue weighted by Crippen LogP contribution is 2.26. The molecule has 2 aromatic rings. The van der Waals surface area contributed by atoms with Crippen LogP contribution in [0.5, 0.6) is 0 Å². The summed E-state index contributed by atoms with van der Waals surface area (Å²) in [6.07, 6.45) is 2.60. The second-order valence-electron chi connectivity index (χ2n) is 7.33. The van der Waals surface area contributed by atoms with Gasteiger partial charge in [0.05, 0.1) is 12.0 Å². The Morgan fingerprint density at radius 1 is 1.13 bits per heavy atom. The highest BCUT2D eigenvalue weighted by atomic mass is 35.5. The molecular formula is C23H24ClN3O3. The van der Waals surface area contributed by atoms with Crippen LogP contribution in [0.1, 0.15) is 42.9 Å². The number of amides is 2. The van der Waals surface area contributed by atoms with Gasteiger partial charge in [-0.05, 0) is 36.1 Å². The fourth-order valence-electron chi connectivity index (χ4n) is 3.66. The van der Waals surface area contributed by atoms with E-state index in [2.05, 4.69) is 16.7 Å². The van der Waals surface area contributed by atoms with Gasteiger partial charge in [0.2, 0.25) is 5.91 Å². The van der Waals surface area contributed by atoms with Gasteiger partial charge in [-0.2, -0.15) is 5.26 Å². The van der Waals surface area contributed by atoms with Crippen LogP contribution in [-0.2, 0) is 16.1 Å². The summed E-state index contributed by atoms with van der Waals surface area (Å²) in [6, 6.07) is 17.2. The van der Waals surface area contributed by atoms with Gasteiger partial charge in [-0.1, -0.05) is 66.9 Å². The number of nitrogens with one attached hydrogen (secondary N) is 2. The largest absolute Gasteiger partial charge is 0.445 e. The lowest BCUT2D eigenvalue weighted by Gasteiger charge is -2.31. The Morgan fingerprint density at radius 2 is 1.90 bits per heavy atom. The van der Waals surface area contributed by atoms with Gasteiger partial charge in [-0.15, -0.1) is 0 Å². The van der Waals surface area contributed by atoms with Crippen molar-refractivity contribution in [2.24, 2.45) is 5.92 Å². The second kappa shape index (κ2) is 10.7. The summed E-state index contributed by atoms with van der Waals surface area (Å²) in [7, 11) is 0. The van der Waals surface area contributed by atoms with E-state index in [1.54, 1.807) is 24.3 Å². The molecule has 7 heteroatoms. The summed E-state index contributed by atoms with van der Waals surface area (Å²) in [5.74, 6) is -0.673. The molecule has 0 heterocycles. The zero-order valence-electron chi connectivity index (χ0n) is 16.5. The second-order valence-corrected chi connectivity index (χ2v) is 7.77. The van der Waals surface area contributed by atoms with Crippen molar-refractivity contribution >= 4 is 23.6 Å². The summed E-state index contributed by atoms with van der Waals surface area (Å²) < 4.78 is 5.29. The molecule has 0 aromatic heterocycles. The first-order chi connectivity index (χ1) is 14.6. The maximum atomic E-state index is 12.9. The molecule has 1 saturated carbocycles. The minimum Gasteiger partial charge on any atom is -0.445 e. The van der Waals surface area contributed by atoms with Crippen LogP contribution < -0.4 is 10.6 Å². The highest BCUT2D eigenvalue weighted by molar-refractivity contribution is 6.30. The number of benzene rings is 2. The van der Waals surface area contributed by atoms with E-state index in [0.29, 0.717) is 23.4 Å². The third-order valence-corrected chi connectivity index (χ3v) is 5.45. The molecule has 0 aliphatic heterocycles. The molecule has 0 saturated heterocycles. The topological polar surface area (TPSA) is 91.2 Å². The summed E-state index contributed by atoms with van der Waals surface area (Å²) in [6.45, 7) is 0.168. The predicted molar refractivity (Wildman–Crippen MR) is 113 cm³/mol. The van der Waals surface area contributed by atoms with E-state index in [1.165, 1.54) is 0 Å². The van der Waals surface area contributed by atoms with Gasteiger partial charge in [0.15, 0.2) is 0 Å². The Hall–Kier alpha value is -3.04. The molecular weight excluding hydrogens is 402 g/mol. The lowest BCUT2D eigenvalue weighted by Crippen LogP contribution is -2.49. The average molecular weight is 426 g/mol. The van der Waals surface area contributed by atoms with Crippen molar-refractivity contribution in [1.82, 2.24) is 10.6 Å². The smallest absolute Gasteiger partial charge is 0.407 e. The van der Waals surface area contributed by atoms with Gasteiger partial charge in [0.1, 0.15) is 12.6 Å². The van der Waals surface area contributed by atoms with Crippen LogP contribution in [0.3, 0.4) is 0 Å². The number of alkyl carbamates (subject to hydrolysis) is 1. The quantitative estimate of drug-likeness (QED) is 0.712. The number of hydrogen-bond acceptors (Lipinski definition) is 4. The Labute approximate surface area is 181 Å². The Kier molecular flexibility index (Phi) is 7.69. The Bertz CT molecular complexity index is 913. The monoisotopic (exact) mass is 425 g/mol. The number of carbonyl (C=O) groups excluding carboxylic acids is 2. The lowest BCUT2D eigenvalue weighted by atomic mass is 9.83. The summed E-state index contributed by atoms with van der Waals surface area (Å²) in [5, 5.41) is 15.6. The molecule has 6 nitrogen and oxygen atoms in total. The number of halogens is 1. The molecule has 3 rings (SSSR count). The number of hydrogen-bond donors (Lipinski definition) is 2. The molecule has 1 fully saturated rings. The standard InChI is InChI=1S/C23H24ClN3O3/c24-18-10-6-9-17(13-18)21(14-25)26-22(28)19-11-4-5-12-20(19)27-23(29)30-15-16-7-2-1-3-8-16/h1-3,6-10,13,19-21H,4-5,11-12,15H2,(H,26,28)(H,27,29)/t19-,20+,21?/m0/s1. The van der Waals surface area contributed by atoms with Crippen molar-refractivity contribution < 1.29 is 14.3 Å². The van der Waals surface area contributed by atoms with Crippen molar-refractivity contribution in [2.75, 3.05) is 0 Å². The first-order valence-corrected chi connectivity index (χ1v) is 10.4. The SMILES string of the molecule is N#CC(NC(=O)[C@H]1CCCC[C@H]1NC(=O)OCc1ccccc1)c1cccc(Cl)c1. The van der Waals surface area contributed by atoms with Crippen molar-refractivity contribution in [1.29, 1.82) is 5.26 Å². The molecule has 1 aliphatic rings. The van der Waals surface area contributed by atoms with Crippen LogP contribution >= 0.6 is 11.6 Å². The van der Waals surface area contributed by atoms with Crippen LogP contribution in [-0.4, -0.2) is 18.0 Å². The van der Waals surface area contributed by atoms with Gasteiger partial charge in [0, 0.05) is 11.1 Å². The summed E-state index contributed by atoms with van der Waals surface area (Å²) in [5.41, 5.74) is 1.52. The van der Waals surface area contributed by atoms with E-state index in [-0.39, 0.29) is 18.6 Å². The molecule has 1 unspecified atom stereocenters. The average Bonchev–Trinajstić information content (AvgIpc) is 2.77. The van der Waals surface area contributed by atoms with Crippen molar-refractivity contribution in [3.63, 3.8) is 0 Å². The fraction of sp³-hybridized carbons (Fsp3) is 0.348. The van der Waals surface area contributed by atoms with Crippen molar-refractivity contribution in [3.05, 3.63) is 70.7 Å². The lowest BCUT2D eigenvalue weighted by molar-refractivity contribution is -0.127. The first kappa shape index (κ1) is 21.7. The minimum atomic E-state index is -0.802. The molecule has 30 heavy (non-hydrogen) atoms. The molecule has 2 aromatic carbocycles. The third-order valence-electron chi connectivity index (χ3n) is 5.22. The van der Waals surface area contributed by atoms with Crippen molar-refractivity contribution in [3.8, 4) is 6.07 Å². The Balaban J connectivity index is 1.59. The molecule has 0 bridgehead atoms. The normalized spacial score (nSPS) is 19.2. The third kappa shape index (κ3) is 5.98. The molecule has 2 amide bonds. The van der Waals surface area contributed by atoms with E-state index in [9.17, 15) is 14.9 Å². The van der Waals surface area contributed by atoms with E-state index in [4.69, 9.17) is 16.3 Å². The van der Waals surface area contributed by atoms with Crippen LogP contribution in [0.4, 0.5) is 4.79 Å². The maximum absolute atomic E-state index is 12.9. The zero-order chi connectivity index (χ0) is 21.3. The minimum absolute atomic E-state index is 0.168. The molecule has 2 N–H and O–H groups in total. The molecule has 3 atom stereocenters. The summed E-state index contributed by atoms with van der Waals surface area (Å²) >= 11 is 6.00. The van der Waals surface area contributed by atoms with E-state index in [1.807, 2.05) is 30.3 Å². The van der Waals surface area contributed by atoms with Crippen LogP contribution in [0.2, 0.25) is 5.02 Å². The molecule has 0 radical (unpaired) electrons. The number of nitrogens with zero attached hydrogens (tertiary/aromatic N) is 1. The maximum Gasteiger partial charge on any atom is 0.407 e. The van der Waals surface area contributed by atoms with Crippen LogP contribution in [0.15, 0.2) is 54.6 Å². The van der Waals surface area contributed by atoms with Crippen molar-refractivity contribution in [2.45, 2.75) is 44.4 Å². The number of carbonyl (C=O) groups is 2. The van der Waals surface area contributed by atoms with E-state index < -0.39 is 18.1 Å². The Morgan fingerprint density at radius 3 is 2.63 bits per heavy atom.